The minimum absolute atomic E-state index is 0.103. The third-order valence-electron chi connectivity index (χ3n) is 4.66. The molecule has 0 aliphatic carbocycles. The minimum atomic E-state index is -0.956. The molecule has 3 heterocycles. The van der Waals surface area contributed by atoms with Crippen LogP contribution in [0.1, 0.15) is 28.8 Å². The van der Waals surface area contributed by atoms with Crippen molar-refractivity contribution in [3.63, 3.8) is 0 Å². The Kier molecular flexibility index (Phi) is 4.45. The number of carbonyl (C=O) groups excluding carboxylic acids is 1. The molecule has 4 rings (SSSR count). The maximum absolute atomic E-state index is 14.7. The lowest BCUT2D eigenvalue weighted by atomic mass is 9.90. The Balaban J connectivity index is 1.62. The number of nitrogens with zero attached hydrogens (tertiary/aromatic N) is 5. The molecule has 29 heavy (non-hydrogen) atoms. The van der Waals surface area contributed by atoms with Crippen LogP contribution in [0, 0.1) is 5.82 Å². The van der Waals surface area contributed by atoms with Gasteiger partial charge in [-0.1, -0.05) is 0 Å². The number of rotatable bonds is 4. The lowest BCUT2D eigenvalue weighted by Gasteiger charge is -2.31. The fourth-order valence-electron chi connectivity index (χ4n) is 3.25. The maximum Gasteiger partial charge on any atom is 0.275 e. The van der Waals surface area contributed by atoms with Crippen molar-refractivity contribution in [3.8, 4) is 5.88 Å². The summed E-state index contributed by atoms with van der Waals surface area (Å²) >= 11 is 0. The highest BCUT2D eigenvalue weighted by Crippen LogP contribution is 2.34. The highest BCUT2D eigenvalue weighted by molar-refractivity contribution is 6.02. The van der Waals surface area contributed by atoms with Crippen LogP contribution in [-0.4, -0.2) is 38.4 Å². The van der Waals surface area contributed by atoms with Gasteiger partial charge in [-0.2, -0.15) is 0 Å². The van der Waals surface area contributed by atoms with Crippen molar-refractivity contribution in [1.82, 2.24) is 19.5 Å². The van der Waals surface area contributed by atoms with E-state index in [9.17, 15) is 9.18 Å². The predicted molar refractivity (Wildman–Crippen MR) is 103 cm³/mol. The van der Waals surface area contributed by atoms with E-state index in [1.54, 1.807) is 25.4 Å². The van der Waals surface area contributed by atoms with Crippen molar-refractivity contribution in [2.45, 2.75) is 19.0 Å². The molecule has 148 valence electrons. The molecule has 1 aromatic carbocycles. The van der Waals surface area contributed by atoms with Crippen LogP contribution in [0.25, 0.3) is 0 Å². The highest BCUT2D eigenvalue weighted by atomic mass is 19.1. The summed E-state index contributed by atoms with van der Waals surface area (Å²) in [7, 11) is 1.46. The predicted octanol–water partition coefficient (Wildman–Crippen LogP) is 1.71. The number of aromatic nitrogens is 4. The van der Waals surface area contributed by atoms with Gasteiger partial charge in [0.25, 0.3) is 5.91 Å². The smallest absolute Gasteiger partial charge is 0.275 e. The van der Waals surface area contributed by atoms with E-state index in [0.29, 0.717) is 29.5 Å². The van der Waals surface area contributed by atoms with Gasteiger partial charge < -0.3 is 20.4 Å². The Hall–Kier alpha value is -3.82. The van der Waals surface area contributed by atoms with Crippen molar-refractivity contribution >= 4 is 17.4 Å². The number of methoxy groups -OCH3 is 1. The zero-order valence-electron chi connectivity index (χ0n) is 15.8. The van der Waals surface area contributed by atoms with Crippen LogP contribution in [0.2, 0.25) is 0 Å². The van der Waals surface area contributed by atoms with E-state index >= 15 is 0 Å². The average molecular weight is 395 g/mol. The number of carbonyl (C=O) groups is 1. The molecule has 1 atom stereocenters. The second kappa shape index (κ2) is 6.97. The van der Waals surface area contributed by atoms with Crippen LogP contribution in [0.4, 0.5) is 10.1 Å². The van der Waals surface area contributed by atoms with Crippen molar-refractivity contribution < 1.29 is 13.9 Å². The molecule has 2 aromatic heterocycles. The number of ether oxygens (including phenoxy) is 1. The number of hydrogen-bond donors (Lipinski definition) is 2. The Labute approximate surface area is 165 Å². The van der Waals surface area contributed by atoms with Crippen LogP contribution in [0.5, 0.6) is 5.88 Å². The van der Waals surface area contributed by atoms with Gasteiger partial charge in [0.2, 0.25) is 5.88 Å². The number of nitrogens with two attached hydrogens (primary N) is 1. The normalized spacial score (nSPS) is 18.0. The molecule has 1 aliphatic heterocycles. The van der Waals surface area contributed by atoms with Gasteiger partial charge in [-0.05, 0) is 25.1 Å². The van der Waals surface area contributed by atoms with Crippen LogP contribution in [0.3, 0.4) is 0 Å². The zero-order valence-corrected chi connectivity index (χ0v) is 15.8. The van der Waals surface area contributed by atoms with Gasteiger partial charge in [0, 0.05) is 23.6 Å². The molecule has 0 saturated carbocycles. The third kappa shape index (κ3) is 3.40. The molecule has 3 N–H and O–H groups in total. The molecule has 0 spiro atoms. The van der Waals surface area contributed by atoms with Gasteiger partial charge in [0.1, 0.15) is 17.1 Å². The van der Waals surface area contributed by atoms with Crippen molar-refractivity contribution in [2.24, 2.45) is 10.7 Å². The Morgan fingerprint density at radius 2 is 2.14 bits per heavy atom. The third-order valence-corrected chi connectivity index (χ3v) is 4.66. The Bertz CT molecular complexity index is 1110. The quantitative estimate of drug-likeness (QED) is 0.694. The fourth-order valence-corrected chi connectivity index (χ4v) is 3.25. The monoisotopic (exact) mass is 395 g/mol. The van der Waals surface area contributed by atoms with Crippen LogP contribution >= 0.6 is 0 Å². The lowest BCUT2D eigenvalue weighted by molar-refractivity contribution is 0.102. The van der Waals surface area contributed by atoms with E-state index in [1.807, 2.05) is 4.57 Å². The van der Waals surface area contributed by atoms with Crippen LogP contribution < -0.4 is 15.8 Å². The summed E-state index contributed by atoms with van der Waals surface area (Å²) in [6.07, 6.45) is 6.02. The number of benzene rings is 1. The maximum atomic E-state index is 14.7. The number of anilines is 1. The van der Waals surface area contributed by atoms with Gasteiger partial charge in [-0.15, -0.1) is 0 Å². The van der Waals surface area contributed by atoms with Gasteiger partial charge in [-0.3, -0.25) is 9.79 Å². The van der Waals surface area contributed by atoms with Gasteiger partial charge in [-0.25, -0.2) is 19.3 Å². The first kappa shape index (κ1) is 18.5. The first-order valence-corrected chi connectivity index (χ1v) is 8.74. The number of amides is 1. The molecule has 3 aromatic rings. The molecule has 0 saturated heterocycles. The number of imidazole rings is 1. The molecule has 1 amide bonds. The van der Waals surface area contributed by atoms with E-state index < -0.39 is 17.3 Å². The second-order valence-electron chi connectivity index (χ2n) is 6.74. The minimum Gasteiger partial charge on any atom is -0.480 e. The van der Waals surface area contributed by atoms with E-state index in [2.05, 4.69) is 25.3 Å². The highest BCUT2D eigenvalue weighted by Gasteiger charge is 2.35. The Morgan fingerprint density at radius 3 is 2.86 bits per heavy atom. The first-order valence-electron chi connectivity index (χ1n) is 8.74. The molecule has 0 fully saturated rings. The fraction of sp³-hybridized carbons (Fsp3) is 0.211. The zero-order chi connectivity index (χ0) is 20.6. The number of fused-ring (bicyclic) bond motifs is 1. The van der Waals surface area contributed by atoms with Crippen molar-refractivity contribution in [2.75, 3.05) is 12.4 Å². The molecule has 1 aliphatic rings. The van der Waals surface area contributed by atoms with Crippen molar-refractivity contribution in [3.05, 3.63) is 65.9 Å². The number of hydrogen-bond acceptors (Lipinski definition) is 7. The number of aliphatic imine (C=N–C) groups is 1. The standard InChI is InChI=1S/C19H18FN7O2/c1-19(10-27-6-5-22-17(27)16(21)26-19)12-7-11(3-4-13(12)20)25-18(28)14-8-24-15(29-2)9-23-14/h3-9H,10H2,1-2H3,(H2,21,26)(H,25,28). The molecule has 0 radical (unpaired) electrons. The van der Waals surface area contributed by atoms with Gasteiger partial charge in [0.05, 0.1) is 26.0 Å². The van der Waals surface area contributed by atoms with E-state index in [-0.39, 0.29) is 11.5 Å². The first-order chi connectivity index (χ1) is 13.9. The van der Waals surface area contributed by atoms with E-state index in [1.165, 1.54) is 31.6 Å². The molecular weight excluding hydrogens is 377 g/mol. The summed E-state index contributed by atoms with van der Waals surface area (Å²) in [6, 6.07) is 4.30. The molecule has 1 unspecified atom stereocenters. The summed E-state index contributed by atoms with van der Waals surface area (Å²) < 4.78 is 21.4. The molecule has 10 heteroatoms. The summed E-state index contributed by atoms with van der Waals surface area (Å²) in [5.74, 6) is 0.142. The topological polar surface area (TPSA) is 120 Å². The van der Waals surface area contributed by atoms with E-state index in [4.69, 9.17) is 10.5 Å². The van der Waals surface area contributed by atoms with E-state index in [0.717, 1.165) is 0 Å². The van der Waals surface area contributed by atoms with Crippen molar-refractivity contribution in [1.29, 1.82) is 0 Å². The SMILES string of the molecule is COc1cnc(C(=O)Nc2ccc(F)c(C3(C)Cn4ccnc4C(N)=N3)c2)cn1. The molecule has 0 bridgehead atoms. The second-order valence-corrected chi connectivity index (χ2v) is 6.74. The van der Waals surface area contributed by atoms with Crippen LogP contribution in [-0.2, 0) is 12.1 Å². The average Bonchev–Trinajstić information content (AvgIpc) is 3.18. The molecular formula is C19H18FN7O2. The Morgan fingerprint density at radius 1 is 1.31 bits per heavy atom. The largest absolute Gasteiger partial charge is 0.480 e. The van der Waals surface area contributed by atoms with Gasteiger partial charge in [0.15, 0.2) is 11.7 Å². The summed E-state index contributed by atoms with van der Waals surface area (Å²) in [5.41, 5.74) is 5.87. The molecule has 9 nitrogen and oxygen atoms in total. The van der Waals surface area contributed by atoms with Crippen LogP contribution in [0.15, 0.2) is 48.0 Å². The summed E-state index contributed by atoms with van der Waals surface area (Å²) in [5, 5.41) is 2.70. The number of halogens is 1. The summed E-state index contributed by atoms with van der Waals surface area (Å²) in [4.78, 5) is 29.0. The lowest BCUT2D eigenvalue weighted by Crippen LogP contribution is -2.37. The summed E-state index contributed by atoms with van der Waals surface area (Å²) in [6.45, 7) is 2.14. The van der Waals surface area contributed by atoms with Gasteiger partial charge >= 0.3 is 0 Å². The number of nitrogens with one attached hydrogen (secondary N) is 1. The number of amidine groups is 1.